The van der Waals surface area contributed by atoms with Gasteiger partial charge in [0.25, 0.3) is 5.91 Å². The number of nitrogens with zero attached hydrogens (tertiary/aromatic N) is 2. The van der Waals surface area contributed by atoms with E-state index in [0.29, 0.717) is 18.7 Å². The minimum atomic E-state index is -3.93. The maximum atomic E-state index is 13.8. The topological polar surface area (TPSA) is 158 Å². The molecule has 0 saturated heterocycles. The second-order valence-corrected chi connectivity index (χ2v) is 13.4. The number of aliphatic hydroxyl groups is 2. The Morgan fingerprint density at radius 2 is 2.00 bits per heavy atom. The van der Waals surface area contributed by atoms with E-state index >= 15 is 0 Å². The number of sulfonamides is 1. The van der Waals surface area contributed by atoms with Crippen LogP contribution in [0.3, 0.4) is 0 Å². The first kappa shape index (κ1) is 27.2. The first-order chi connectivity index (χ1) is 16.2. The van der Waals surface area contributed by atoms with E-state index in [-0.39, 0.29) is 53.2 Å². The molecule has 3 rings (SSSR count). The van der Waals surface area contributed by atoms with Crippen molar-refractivity contribution < 1.29 is 32.5 Å². The van der Waals surface area contributed by atoms with Crippen molar-refractivity contribution in [1.29, 1.82) is 0 Å². The Morgan fingerprint density at radius 1 is 1.31 bits per heavy atom. The molecular weight excluding hydrogens is 495 g/mol. The van der Waals surface area contributed by atoms with E-state index in [1.165, 1.54) is 23.1 Å². The number of aliphatic hydroxyl groups excluding tert-OH is 2. The monoisotopic (exact) mass is 528 g/mol. The molecule has 0 aromatic heterocycles. The van der Waals surface area contributed by atoms with Crippen molar-refractivity contribution in [3.8, 4) is 0 Å². The Bertz CT molecular complexity index is 1220. The predicted octanol–water partition coefficient (Wildman–Crippen LogP) is 2.58. The number of benzene rings is 1. The van der Waals surface area contributed by atoms with Crippen LogP contribution in [0.5, 0.6) is 0 Å². The molecule has 2 atom stereocenters. The van der Waals surface area contributed by atoms with Crippen LogP contribution in [0.15, 0.2) is 34.3 Å². The highest BCUT2D eigenvalue weighted by Gasteiger charge is 2.44. The van der Waals surface area contributed by atoms with Crippen LogP contribution in [0, 0.1) is 5.41 Å². The van der Waals surface area contributed by atoms with Gasteiger partial charge in [-0.1, -0.05) is 20.8 Å². The Kier molecular flexibility index (Phi) is 7.71. The molecule has 0 spiro atoms. The van der Waals surface area contributed by atoms with E-state index in [1.807, 2.05) is 20.8 Å². The van der Waals surface area contributed by atoms with Gasteiger partial charge >= 0.3 is 7.52 Å². The third-order valence-electron chi connectivity index (χ3n) is 5.56. The lowest BCUT2D eigenvalue weighted by atomic mass is 9.92. The second kappa shape index (κ2) is 9.93. The van der Waals surface area contributed by atoms with Crippen LogP contribution < -0.4 is 15.3 Å². The van der Waals surface area contributed by atoms with E-state index in [9.17, 15) is 28.0 Å². The van der Waals surface area contributed by atoms with Gasteiger partial charge in [0.2, 0.25) is 10.0 Å². The number of amides is 1. The summed E-state index contributed by atoms with van der Waals surface area (Å²) in [5.74, 6) is -0.841. The average molecular weight is 529 g/mol. The van der Waals surface area contributed by atoms with Crippen LogP contribution in [0.25, 0.3) is 0 Å². The van der Waals surface area contributed by atoms with Crippen LogP contribution in [0.4, 0.5) is 11.4 Å². The van der Waals surface area contributed by atoms with Crippen LogP contribution in [0.2, 0.25) is 0 Å². The van der Waals surface area contributed by atoms with Crippen molar-refractivity contribution in [2.45, 2.75) is 46.6 Å². The Balaban J connectivity index is 2.05. The summed E-state index contributed by atoms with van der Waals surface area (Å²) in [6, 6.07) is 3.61. The van der Waals surface area contributed by atoms with Gasteiger partial charge in [0.05, 0.1) is 29.9 Å². The molecule has 1 amide bonds. The normalized spacial score (nSPS) is 22.7. The molecule has 4 N–H and O–H groups in total. The van der Waals surface area contributed by atoms with E-state index in [1.54, 1.807) is 6.92 Å². The Labute approximate surface area is 205 Å². The van der Waals surface area contributed by atoms with Crippen LogP contribution in [0.1, 0.15) is 40.5 Å². The maximum Gasteiger partial charge on any atom is 0.348 e. The smallest absolute Gasteiger partial charge is 0.348 e. The number of rotatable bonds is 9. The number of nitrogens with one attached hydrogen (secondary N) is 2. The number of fused-ring (bicyclic) bond motifs is 1. The summed E-state index contributed by atoms with van der Waals surface area (Å²) in [6.45, 7) is 7.91. The van der Waals surface area contributed by atoms with E-state index in [0.717, 1.165) is 6.26 Å². The van der Waals surface area contributed by atoms with Gasteiger partial charge in [-0.05, 0) is 43.4 Å². The molecule has 11 nitrogen and oxygen atoms in total. The lowest BCUT2D eigenvalue weighted by Crippen LogP contribution is -2.39. The zero-order chi connectivity index (χ0) is 26.2. The predicted molar refractivity (Wildman–Crippen MR) is 136 cm³/mol. The fraction of sp³-hybridized carbons (Fsp3) is 0.545. The molecule has 0 radical (unpaired) electrons. The number of carbonyl (C=O) groups is 1. The maximum absolute atomic E-state index is 13.8. The van der Waals surface area contributed by atoms with Crippen molar-refractivity contribution in [3.05, 3.63) is 29.5 Å². The molecule has 13 heteroatoms. The molecular formula is C22H33N4O7PS. The molecule has 0 aliphatic carbocycles. The first-order valence-corrected chi connectivity index (χ1v) is 14.8. The standard InChI is InChI=1S/C22H33N4O7PS/c1-6-33-34(30)17-13-14(25-35(5,31)32)7-8-15(17)23-20(24-34)18-19(28)16(9-12-27)26(21(18)29)11-10-22(2,3)4/h7-8,13,16,25,27-28H,6,9-12H2,1-5H3,(H,23,24,30). The number of amidine groups is 1. The van der Waals surface area contributed by atoms with Gasteiger partial charge in [-0.3, -0.25) is 14.1 Å². The molecule has 0 fully saturated rings. The minimum absolute atomic E-state index is 0.0427. The summed E-state index contributed by atoms with van der Waals surface area (Å²) in [4.78, 5) is 14.9. The second-order valence-electron chi connectivity index (χ2n) is 9.72. The zero-order valence-corrected chi connectivity index (χ0v) is 22.2. The van der Waals surface area contributed by atoms with Crippen LogP contribution in [-0.2, 0) is 23.9 Å². The van der Waals surface area contributed by atoms with Gasteiger partial charge in [0.1, 0.15) is 11.3 Å². The molecule has 2 unspecified atom stereocenters. The SMILES string of the molecule is CCOP1(=O)N=C(C2=C(O)C(CCO)N(CCC(C)(C)C)C2=O)Nc2ccc(NS(C)(=O)=O)cc21. The summed E-state index contributed by atoms with van der Waals surface area (Å²) in [5.41, 5.74) is 0.304. The Morgan fingerprint density at radius 3 is 2.57 bits per heavy atom. The van der Waals surface area contributed by atoms with Gasteiger partial charge in [-0.15, -0.1) is 0 Å². The molecule has 2 aliphatic rings. The number of hydrogen-bond acceptors (Lipinski definition) is 8. The molecule has 2 heterocycles. The first-order valence-electron chi connectivity index (χ1n) is 11.3. The summed E-state index contributed by atoms with van der Waals surface area (Å²) in [7, 11) is -7.50. The lowest BCUT2D eigenvalue weighted by Gasteiger charge is -2.28. The zero-order valence-electron chi connectivity index (χ0n) is 20.5. The van der Waals surface area contributed by atoms with Crippen molar-refractivity contribution in [1.82, 2.24) is 4.90 Å². The summed E-state index contributed by atoms with van der Waals surface area (Å²) in [6.07, 6.45) is 1.80. The summed E-state index contributed by atoms with van der Waals surface area (Å²) < 4.78 is 49.2. The van der Waals surface area contributed by atoms with Crippen LogP contribution >= 0.6 is 7.52 Å². The lowest BCUT2D eigenvalue weighted by molar-refractivity contribution is -0.127. The van der Waals surface area contributed by atoms with Crippen molar-refractivity contribution in [3.63, 3.8) is 0 Å². The number of anilines is 2. The van der Waals surface area contributed by atoms with E-state index in [4.69, 9.17) is 4.52 Å². The highest BCUT2D eigenvalue weighted by atomic mass is 32.2. The summed E-state index contributed by atoms with van der Waals surface area (Å²) >= 11 is 0. The van der Waals surface area contributed by atoms with Gasteiger partial charge in [-0.2, -0.15) is 4.76 Å². The molecule has 194 valence electrons. The largest absolute Gasteiger partial charge is 0.509 e. The third-order valence-corrected chi connectivity index (χ3v) is 8.22. The van der Waals surface area contributed by atoms with Gasteiger partial charge in [0, 0.05) is 18.8 Å². The van der Waals surface area contributed by atoms with Gasteiger partial charge in [0.15, 0.2) is 5.84 Å². The summed E-state index contributed by atoms with van der Waals surface area (Å²) in [5, 5.41) is 23.6. The highest BCUT2D eigenvalue weighted by Crippen LogP contribution is 2.52. The number of hydrogen-bond donors (Lipinski definition) is 4. The Hall–Kier alpha value is -2.40. The molecule has 1 aromatic carbocycles. The molecule has 35 heavy (non-hydrogen) atoms. The molecule has 2 aliphatic heterocycles. The fourth-order valence-electron chi connectivity index (χ4n) is 3.93. The third kappa shape index (κ3) is 6.06. The number of carbonyl (C=O) groups excluding carboxylic acids is 1. The fourth-order valence-corrected chi connectivity index (χ4v) is 6.29. The molecule has 1 aromatic rings. The van der Waals surface area contributed by atoms with Crippen LogP contribution in [-0.4, -0.2) is 67.3 Å². The van der Waals surface area contributed by atoms with Gasteiger partial charge < -0.3 is 25.0 Å². The van der Waals surface area contributed by atoms with E-state index < -0.39 is 29.5 Å². The molecule has 0 bridgehead atoms. The highest BCUT2D eigenvalue weighted by molar-refractivity contribution is 7.92. The van der Waals surface area contributed by atoms with Crippen molar-refractivity contribution in [2.24, 2.45) is 10.2 Å². The van der Waals surface area contributed by atoms with Gasteiger partial charge in [-0.25, -0.2) is 8.42 Å². The minimum Gasteiger partial charge on any atom is -0.509 e. The quantitative estimate of drug-likeness (QED) is 0.356. The average Bonchev–Trinajstić information content (AvgIpc) is 2.95. The van der Waals surface area contributed by atoms with E-state index in [2.05, 4.69) is 14.8 Å². The molecule has 0 saturated carbocycles. The van der Waals surface area contributed by atoms with Crippen molar-refractivity contribution in [2.75, 3.05) is 36.1 Å². The van der Waals surface area contributed by atoms with Crippen molar-refractivity contribution >= 4 is 46.0 Å².